The molecule has 0 aliphatic heterocycles. The van der Waals surface area contributed by atoms with Gasteiger partial charge in [0.1, 0.15) is 4.90 Å². The third kappa shape index (κ3) is 2.46. The second-order valence-electron chi connectivity index (χ2n) is 2.27. The summed E-state index contributed by atoms with van der Waals surface area (Å²) in [6.07, 6.45) is 0. The molecule has 0 atom stereocenters. The quantitative estimate of drug-likeness (QED) is 0.466. The van der Waals surface area contributed by atoms with Crippen LogP contribution in [0.2, 0.25) is 5.02 Å². The summed E-state index contributed by atoms with van der Waals surface area (Å²) in [6.45, 7) is 0. The largest absolute Gasteiger partial charge is 0.397 e. The standard InChI is InChI=1S/C6H5ClINO3S/c7-3-1-4(8)6(9)5(2-3)13(10,11)12/h1-2H,9H2,(H,10,11,12). The zero-order valence-electron chi connectivity index (χ0n) is 6.16. The summed E-state index contributed by atoms with van der Waals surface area (Å²) in [5, 5.41) is 0.214. The maximum absolute atomic E-state index is 10.8. The van der Waals surface area contributed by atoms with Crippen LogP contribution in [0.5, 0.6) is 0 Å². The second-order valence-corrected chi connectivity index (χ2v) is 5.26. The van der Waals surface area contributed by atoms with Gasteiger partial charge in [-0.3, -0.25) is 4.55 Å². The fraction of sp³-hybridized carbons (Fsp3) is 0. The smallest absolute Gasteiger partial charge is 0.296 e. The van der Waals surface area contributed by atoms with Crippen molar-refractivity contribution in [2.75, 3.05) is 5.73 Å². The molecule has 0 fully saturated rings. The van der Waals surface area contributed by atoms with E-state index < -0.39 is 10.1 Å². The van der Waals surface area contributed by atoms with Crippen molar-refractivity contribution in [3.8, 4) is 0 Å². The normalized spacial score (nSPS) is 11.6. The first-order chi connectivity index (χ1) is 5.82. The van der Waals surface area contributed by atoms with E-state index in [1.54, 1.807) is 0 Å². The highest BCUT2D eigenvalue weighted by Gasteiger charge is 2.16. The maximum Gasteiger partial charge on any atom is 0.296 e. The molecule has 1 aromatic rings. The van der Waals surface area contributed by atoms with Gasteiger partial charge in [-0.25, -0.2) is 0 Å². The lowest BCUT2D eigenvalue weighted by molar-refractivity contribution is 0.483. The van der Waals surface area contributed by atoms with Crippen LogP contribution in [-0.4, -0.2) is 13.0 Å². The number of halogens is 2. The van der Waals surface area contributed by atoms with E-state index >= 15 is 0 Å². The molecular formula is C6H5ClINO3S. The highest BCUT2D eigenvalue weighted by molar-refractivity contribution is 14.1. The van der Waals surface area contributed by atoms with E-state index in [4.69, 9.17) is 21.9 Å². The van der Waals surface area contributed by atoms with Gasteiger partial charge in [-0.2, -0.15) is 8.42 Å². The molecule has 1 rings (SSSR count). The summed E-state index contributed by atoms with van der Waals surface area (Å²) in [6, 6.07) is 2.61. The van der Waals surface area contributed by atoms with E-state index in [-0.39, 0.29) is 15.6 Å². The van der Waals surface area contributed by atoms with Crippen molar-refractivity contribution in [3.05, 3.63) is 20.7 Å². The molecule has 0 unspecified atom stereocenters. The van der Waals surface area contributed by atoms with Gasteiger partial charge in [0.25, 0.3) is 10.1 Å². The van der Waals surface area contributed by atoms with E-state index in [2.05, 4.69) is 0 Å². The Kier molecular flexibility index (Phi) is 3.05. The fourth-order valence-electron chi connectivity index (χ4n) is 0.775. The van der Waals surface area contributed by atoms with Gasteiger partial charge in [-0.05, 0) is 34.7 Å². The molecule has 0 saturated heterocycles. The van der Waals surface area contributed by atoms with Crippen molar-refractivity contribution >= 4 is 50.0 Å². The minimum atomic E-state index is -4.29. The van der Waals surface area contributed by atoms with Gasteiger partial charge in [0.2, 0.25) is 0 Å². The Bertz CT molecular complexity index is 445. The minimum absolute atomic E-state index is 0.00694. The maximum atomic E-state index is 10.8. The average Bonchev–Trinajstić information content (AvgIpc) is 1.94. The number of anilines is 1. The van der Waals surface area contributed by atoms with Crippen LogP contribution in [0.4, 0.5) is 5.69 Å². The van der Waals surface area contributed by atoms with Crippen molar-refractivity contribution < 1.29 is 13.0 Å². The number of nitrogens with two attached hydrogens (primary N) is 1. The first-order valence-electron chi connectivity index (χ1n) is 3.04. The van der Waals surface area contributed by atoms with Gasteiger partial charge in [0, 0.05) is 8.59 Å². The topological polar surface area (TPSA) is 80.4 Å². The molecule has 1 aromatic carbocycles. The molecule has 0 heterocycles. The van der Waals surface area contributed by atoms with Gasteiger partial charge in [0.05, 0.1) is 5.69 Å². The number of hydrogen-bond acceptors (Lipinski definition) is 3. The summed E-state index contributed by atoms with van der Waals surface area (Å²) in [7, 11) is -4.29. The molecule has 4 nitrogen and oxygen atoms in total. The highest BCUT2D eigenvalue weighted by atomic mass is 127. The predicted molar refractivity (Wildman–Crippen MR) is 58.4 cm³/mol. The van der Waals surface area contributed by atoms with E-state index in [1.807, 2.05) is 22.6 Å². The molecule has 0 aliphatic carbocycles. The zero-order chi connectivity index (χ0) is 10.2. The SMILES string of the molecule is Nc1c(I)cc(Cl)cc1S(=O)(=O)O. The Morgan fingerprint density at radius 2 is 2.00 bits per heavy atom. The lowest BCUT2D eigenvalue weighted by Crippen LogP contribution is -2.04. The molecule has 0 amide bonds. The number of rotatable bonds is 1. The molecule has 0 aliphatic rings. The molecule has 72 valence electrons. The molecule has 13 heavy (non-hydrogen) atoms. The van der Waals surface area contributed by atoms with E-state index in [1.165, 1.54) is 6.07 Å². The zero-order valence-corrected chi connectivity index (χ0v) is 9.89. The van der Waals surface area contributed by atoms with Gasteiger partial charge in [-0.1, -0.05) is 11.6 Å². The Hall–Kier alpha value is -0.0500. The summed E-state index contributed by atoms with van der Waals surface area (Å²) in [5.41, 5.74) is 5.44. The van der Waals surface area contributed by atoms with E-state index in [0.717, 1.165) is 6.07 Å². The van der Waals surface area contributed by atoms with Crippen molar-refractivity contribution in [2.45, 2.75) is 4.90 Å². The Morgan fingerprint density at radius 3 is 2.46 bits per heavy atom. The number of benzene rings is 1. The summed E-state index contributed by atoms with van der Waals surface area (Å²) in [5.74, 6) is 0. The summed E-state index contributed by atoms with van der Waals surface area (Å²) < 4.78 is 30.8. The van der Waals surface area contributed by atoms with Crippen LogP contribution in [-0.2, 0) is 10.1 Å². The van der Waals surface area contributed by atoms with Gasteiger partial charge in [-0.15, -0.1) is 0 Å². The third-order valence-corrected chi connectivity index (χ3v) is 3.34. The van der Waals surface area contributed by atoms with Crippen molar-refractivity contribution in [1.29, 1.82) is 0 Å². The number of hydrogen-bond donors (Lipinski definition) is 2. The molecule has 0 spiro atoms. The molecule has 0 saturated carbocycles. The van der Waals surface area contributed by atoms with Gasteiger partial charge < -0.3 is 5.73 Å². The van der Waals surface area contributed by atoms with Crippen molar-refractivity contribution in [1.82, 2.24) is 0 Å². The first-order valence-corrected chi connectivity index (χ1v) is 5.94. The van der Waals surface area contributed by atoms with Crippen LogP contribution < -0.4 is 5.73 Å². The highest BCUT2D eigenvalue weighted by Crippen LogP contribution is 2.27. The Morgan fingerprint density at radius 1 is 1.46 bits per heavy atom. The molecule has 3 N–H and O–H groups in total. The van der Waals surface area contributed by atoms with E-state index in [9.17, 15) is 8.42 Å². The summed E-state index contributed by atoms with van der Waals surface area (Å²) in [4.78, 5) is -0.357. The fourth-order valence-corrected chi connectivity index (χ4v) is 2.71. The van der Waals surface area contributed by atoms with Crippen LogP contribution >= 0.6 is 34.2 Å². The number of nitrogen functional groups attached to an aromatic ring is 1. The van der Waals surface area contributed by atoms with E-state index in [0.29, 0.717) is 3.57 Å². The van der Waals surface area contributed by atoms with Crippen LogP contribution in [0.15, 0.2) is 17.0 Å². The van der Waals surface area contributed by atoms with Crippen LogP contribution in [0.3, 0.4) is 0 Å². The molecule has 0 radical (unpaired) electrons. The van der Waals surface area contributed by atoms with Gasteiger partial charge >= 0.3 is 0 Å². The van der Waals surface area contributed by atoms with Crippen molar-refractivity contribution in [2.24, 2.45) is 0 Å². The lowest BCUT2D eigenvalue weighted by Gasteiger charge is -2.04. The van der Waals surface area contributed by atoms with Crippen LogP contribution in [0, 0.1) is 3.57 Å². The van der Waals surface area contributed by atoms with Crippen LogP contribution in [0.25, 0.3) is 0 Å². The van der Waals surface area contributed by atoms with Gasteiger partial charge in [0.15, 0.2) is 0 Å². The van der Waals surface area contributed by atoms with Crippen LogP contribution in [0.1, 0.15) is 0 Å². The molecule has 7 heteroatoms. The lowest BCUT2D eigenvalue weighted by atomic mass is 10.3. The molecule has 0 aromatic heterocycles. The average molecular weight is 334 g/mol. The monoisotopic (exact) mass is 333 g/mol. The van der Waals surface area contributed by atoms with Crippen molar-refractivity contribution in [3.63, 3.8) is 0 Å². The second kappa shape index (κ2) is 3.60. The summed E-state index contributed by atoms with van der Waals surface area (Å²) >= 11 is 7.42. The molecular weight excluding hydrogens is 328 g/mol. The molecule has 0 bridgehead atoms. The minimum Gasteiger partial charge on any atom is -0.397 e. The first kappa shape index (κ1) is 11.0. The third-order valence-electron chi connectivity index (χ3n) is 1.33. The predicted octanol–water partition coefficient (Wildman–Crippen LogP) is 1.77. The Balaban J connectivity index is 3.56. The Labute approximate surface area is 94.0 Å².